The summed E-state index contributed by atoms with van der Waals surface area (Å²) in [5, 5.41) is 12.1. The highest BCUT2D eigenvalue weighted by atomic mass is 32.2. The van der Waals surface area contributed by atoms with Gasteiger partial charge in [0, 0.05) is 16.9 Å². The Kier molecular flexibility index (Phi) is 6.51. The first-order chi connectivity index (χ1) is 15.5. The van der Waals surface area contributed by atoms with Gasteiger partial charge in [0.05, 0.1) is 12.9 Å². The van der Waals surface area contributed by atoms with Crippen LogP contribution >= 0.6 is 11.8 Å². The minimum absolute atomic E-state index is 0.125. The number of amides is 1. The first-order valence-electron chi connectivity index (χ1n) is 9.89. The number of nitrogens with zero attached hydrogens (tertiary/aromatic N) is 3. The maximum atomic E-state index is 13.3. The number of anilines is 1. The molecule has 0 saturated carbocycles. The molecule has 0 aliphatic carbocycles. The fraction of sp³-hybridized carbons (Fsp3) is 0.125. The molecule has 8 heteroatoms. The second-order valence-corrected chi connectivity index (χ2v) is 7.95. The summed E-state index contributed by atoms with van der Waals surface area (Å²) in [7, 11) is 1.61. The van der Waals surface area contributed by atoms with Crippen LogP contribution in [0.3, 0.4) is 0 Å². The van der Waals surface area contributed by atoms with E-state index in [4.69, 9.17) is 4.74 Å². The molecule has 0 fully saturated rings. The molecule has 0 bridgehead atoms. The zero-order chi connectivity index (χ0) is 22.5. The van der Waals surface area contributed by atoms with Gasteiger partial charge in [0.15, 0.2) is 11.0 Å². The van der Waals surface area contributed by atoms with Gasteiger partial charge >= 0.3 is 0 Å². The lowest BCUT2D eigenvalue weighted by molar-refractivity contribution is -0.113. The molecule has 0 unspecified atom stereocenters. The average molecular weight is 449 g/mol. The van der Waals surface area contributed by atoms with Gasteiger partial charge in [-0.1, -0.05) is 42.1 Å². The molecule has 1 aromatic heterocycles. The van der Waals surface area contributed by atoms with Crippen molar-refractivity contribution in [2.24, 2.45) is 0 Å². The summed E-state index contributed by atoms with van der Waals surface area (Å²) in [5.41, 5.74) is 2.97. The van der Waals surface area contributed by atoms with Crippen molar-refractivity contribution in [3.63, 3.8) is 0 Å². The third-order valence-corrected chi connectivity index (χ3v) is 5.70. The predicted molar refractivity (Wildman–Crippen MR) is 124 cm³/mol. The highest BCUT2D eigenvalue weighted by molar-refractivity contribution is 7.99. The minimum atomic E-state index is -0.337. The molecule has 3 aromatic carbocycles. The quantitative estimate of drug-likeness (QED) is 0.398. The lowest BCUT2D eigenvalue weighted by Gasteiger charge is -2.11. The largest absolute Gasteiger partial charge is 0.497 e. The Labute approximate surface area is 189 Å². The molecular formula is C24H21FN4O2S. The van der Waals surface area contributed by atoms with Crippen LogP contribution in [-0.2, 0) is 4.79 Å². The fourth-order valence-electron chi connectivity index (χ4n) is 3.21. The standard InChI is InChI=1S/C24H21FN4O2S/c1-16-13-18(25)11-12-21(16)26-22(30)15-32-24-28-27-23(17-7-6-10-20(14-17)31-2)29(24)19-8-4-3-5-9-19/h3-14H,15H2,1-2H3,(H,26,30). The van der Waals surface area contributed by atoms with E-state index in [-0.39, 0.29) is 17.5 Å². The molecule has 1 N–H and O–H groups in total. The maximum Gasteiger partial charge on any atom is 0.234 e. The zero-order valence-corrected chi connectivity index (χ0v) is 18.4. The molecule has 4 rings (SSSR count). The molecule has 0 spiro atoms. The number of carbonyl (C=O) groups is 1. The van der Waals surface area contributed by atoms with Gasteiger partial charge in [0.2, 0.25) is 5.91 Å². The normalized spacial score (nSPS) is 10.7. The van der Waals surface area contributed by atoms with Crippen LogP contribution in [0.2, 0.25) is 0 Å². The molecular weight excluding hydrogens is 427 g/mol. The van der Waals surface area contributed by atoms with Crippen LogP contribution in [0.1, 0.15) is 5.56 Å². The van der Waals surface area contributed by atoms with E-state index in [1.54, 1.807) is 20.1 Å². The number of nitrogens with one attached hydrogen (secondary N) is 1. The van der Waals surface area contributed by atoms with Crippen LogP contribution in [0.4, 0.5) is 10.1 Å². The van der Waals surface area contributed by atoms with E-state index < -0.39 is 0 Å². The number of hydrogen-bond acceptors (Lipinski definition) is 5. The highest BCUT2D eigenvalue weighted by Crippen LogP contribution is 2.29. The number of thioether (sulfide) groups is 1. The molecule has 0 aliphatic rings. The van der Waals surface area contributed by atoms with Gasteiger partial charge in [-0.2, -0.15) is 0 Å². The Bertz CT molecular complexity index is 1240. The molecule has 162 valence electrons. The molecule has 1 heterocycles. The summed E-state index contributed by atoms with van der Waals surface area (Å²) >= 11 is 1.28. The average Bonchev–Trinajstić information content (AvgIpc) is 3.24. The summed E-state index contributed by atoms with van der Waals surface area (Å²) in [6.45, 7) is 1.75. The van der Waals surface area contributed by atoms with Crippen molar-refractivity contribution in [3.8, 4) is 22.8 Å². The summed E-state index contributed by atoms with van der Waals surface area (Å²) in [6, 6.07) is 21.6. The van der Waals surface area contributed by atoms with Crippen molar-refractivity contribution in [2.45, 2.75) is 12.1 Å². The Morgan fingerprint density at radius 3 is 2.62 bits per heavy atom. The van der Waals surface area contributed by atoms with Crippen molar-refractivity contribution in [2.75, 3.05) is 18.2 Å². The smallest absolute Gasteiger partial charge is 0.234 e. The predicted octanol–water partition coefficient (Wildman–Crippen LogP) is 5.12. The van der Waals surface area contributed by atoms with Crippen molar-refractivity contribution < 1.29 is 13.9 Å². The lowest BCUT2D eigenvalue weighted by atomic mass is 10.2. The second kappa shape index (κ2) is 9.65. The number of aryl methyl sites for hydroxylation is 1. The molecule has 6 nitrogen and oxygen atoms in total. The zero-order valence-electron chi connectivity index (χ0n) is 17.6. The highest BCUT2D eigenvalue weighted by Gasteiger charge is 2.18. The number of methoxy groups -OCH3 is 1. The molecule has 1 amide bonds. The second-order valence-electron chi connectivity index (χ2n) is 7.01. The topological polar surface area (TPSA) is 69.0 Å². The van der Waals surface area contributed by atoms with Gasteiger partial charge in [-0.25, -0.2) is 4.39 Å². The van der Waals surface area contributed by atoms with E-state index >= 15 is 0 Å². The molecule has 0 radical (unpaired) electrons. The van der Waals surface area contributed by atoms with E-state index in [9.17, 15) is 9.18 Å². The fourth-order valence-corrected chi connectivity index (χ4v) is 3.96. The number of aromatic nitrogens is 3. The minimum Gasteiger partial charge on any atom is -0.497 e. The van der Waals surface area contributed by atoms with Gasteiger partial charge in [0.1, 0.15) is 11.6 Å². The van der Waals surface area contributed by atoms with Gasteiger partial charge in [-0.15, -0.1) is 10.2 Å². The number of halogens is 1. The van der Waals surface area contributed by atoms with Crippen molar-refractivity contribution >= 4 is 23.4 Å². The molecule has 0 saturated heterocycles. The van der Waals surface area contributed by atoms with E-state index in [0.717, 1.165) is 11.3 Å². The van der Waals surface area contributed by atoms with Crippen LogP contribution in [0.15, 0.2) is 78.0 Å². The SMILES string of the molecule is COc1cccc(-c2nnc(SCC(=O)Nc3ccc(F)cc3C)n2-c2ccccc2)c1. The summed E-state index contributed by atoms with van der Waals surface area (Å²) < 4.78 is 20.6. The number of hydrogen-bond donors (Lipinski definition) is 1. The van der Waals surface area contributed by atoms with Crippen molar-refractivity contribution in [3.05, 3.63) is 84.2 Å². The van der Waals surface area contributed by atoms with Crippen molar-refractivity contribution in [1.29, 1.82) is 0 Å². The van der Waals surface area contributed by atoms with Gasteiger partial charge < -0.3 is 10.1 Å². The lowest BCUT2D eigenvalue weighted by Crippen LogP contribution is -2.15. The summed E-state index contributed by atoms with van der Waals surface area (Å²) in [5.74, 6) is 0.937. The Balaban J connectivity index is 1.60. The van der Waals surface area contributed by atoms with Gasteiger partial charge in [0.25, 0.3) is 0 Å². The Morgan fingerprint density at radius 1 is 1.06 bits per heavy atom. The van der Waals surface area contributed by atoms with E-state index in [1.807, 2.05) is 59.2 Å². The number of rotatable bonds is 7. The molecule has 4 aromatic rings. The van der Waals surface area contributed by atoms with Crippen LogP contribution in [0.25, 0.3) is 17.1 Å². The van der Waals surface area contributed by atoms with E-state index in [1.165, 1.54) is 23.9 Å². The van der Waals surface area contributed by atoms with Gasteiger partial charge in [-0.05, 0) is 55.0 Å². The van der Waals surface area contributed by atoms with E-state index in [2.05, 4.69) is 15.5 Å². The van der Waals surface area contributed by atoms with Gasteiger partial charge in [-0.3, -0.25) is 9.36 Å². The van der Waals surface area contributed by atoms with Crippen LogP contribution in [-0.4, -0.2) is 33.5 Å². The third-order valence-electron chi connectivity index (χ3n) is 4.77. The number of ether oxygens (including phenoxy) is 1. The Morgan fingerprint density at radius 2 is 1.88 bits per heavy atom. The van der Waals surface area contributed by atoms with Crippen molar-refractivity contribution in [1.82, 2.24) is 14.8 Å². The maximum absolute atomic E-state index is 13.3. The monoisotopic (exact) mass is 448 g/mol. The number of benzene rings is 3. The third kappa shape index (κ3) is 4.81. The van der Waals surface area contributed by atoms with E-state index in [0.29, 0.717) is 28.0 Å². The first-order valence-corrected chi connectivity index (χ1v) is 10.9. The van der Waals surface area contributed by atoms with Crippen LogP contribution < -0.4 is 10.1 Å². The first kappa shape index (κ1) is 21.6. The van der Waals surface area contributed by atoms with Crippen LogP contribution in [0.5, 0.6) is 5.75 Å². The summed E-state index contributed by atoms with van der Waals surface area (Å²) in [6.07, 6.45) is 0. The Hall–Kier alpha value is -3.65. The molecule has 0 atom stereocenters. The van der Waals surface area contributed by atoms with Crippen LogP contribution in [0, 0.1) is 12.7 Å². The number of carbonyl (C=O) groups excluding carboxylic acids is 1. The number of para-hydroxylation sites is 1. The molecule has 32 heavy (non-hydrogen) atoms. The summed E-state index contributed by atoms with van der Waals surface area (Å²) in [4.78, 5) is 12.5. The molecule has 0 aliphatic heterocycles.